The maximum atomic E-state index is 13.1. The van der Waals surface area contributed by atoms with Gasteiger partial charge in [-0.3, -0.25) is 9.69 Å². The van der Waals surface area contributed by atoms with Crippen LogP contribution in [0.2, 0.25) is 0 Å². The van der Waals surface area contributed by atoms with Gasteiger partial charge in [0.2, 0.25) is 0 Å². The molecule has 1 saturated carbocycles. The van der Waals surface area contributed by atoms with Gasteiger partial charge in [-0.15, -0.1) is 0 Å². The lowest BCUT2D eigenvalue weighted by Crippen LogP contribution is -2.28. The molecule has 0 spiro atoms. The molecule has 1 aromatic carbocycles. The van der Waals surface area contributed by atoms with E-state index in [0.29, 0.717) is 12.1 Å². The van der Waals surface area contributed by atoms with Crippen LogP contribution in [0.1, 0.15) is 29.6 Å². The quantitative estimate of drug-likeness (QED) is 0.765. The highest BCUT2D eigenvalue weighted by Gasteiger charge is 2.36. The highest BCUT2D eigenvalue weighted by molar-refractivity contribution is 5.97. The van der Waals surface area contributed by atoms with E-state index in [1.807, 2.05) is 0 Å². The second-order valence-electron chi connectivity index (χ2n) is 5.58. The lowest BCUT2D eigenvalue weighted by molar-refractivity contribution is 0.0940. The molecule has 0 bridgehead atoms. The van der Waals surface area contributed by atoms with Gasteiger partial charge in [0.1, 0.15) is 5.82 Å². The Morgan fingerprint density at radius 3 is 2.67 bits per heavy atom. The van der Waals surface area contributed by atoms with E-state index in [1.165, 1.54) is 31.4 Å². The third-order valence-corrected chi connectivity index (χ3v) is 4.32. The van der Waals surface area contributed by atoms with Crippen molar-refractivity contribution in [2.45, 2.75) is 19.3 Å². The number of hydrogen-bond donors (Lipinski definition) is 0. The van der Waals surface area contributed by atoms with E-state index in [9.17, 15) is 9.18 Å². The SMILES string of the molecule is O=C(CN1CC2CCCC2C1)c1cccc(F)c1. The Morgan fingerprint density at radius 1 is 1.28 bits per heavy atom. The van der Waals surface area contributed by atoms with E-state index in [0.717, 1.165) is 24.9 Å². The molecule has 96 valence electrons. The van der Waals surface area contributed by atoms with Crippen molar-refractivity contribution in [3.63, 3.8) is 0 Å². The van der Waals surface area contributed by atoms with Crippen molar-refractivity contribution in [3.8, 4) is 0 Å². The zero-order valence-electron chi connectivity index (χ0n) is 10.4. The van der Waals surface area contributed by atoms with Gasteiger partial charge in [0.05, 0.1) is 6.54 Å². The van der Waals surface area contributed by atoms with Crippen LogP contribution in [-0.2, 0) is 0 Å². The lowest BCUT2D eigenvalue weighted by Gasteiger charge is -2.15. The van der Waals surface area contributed by atoms with Crippen LogP contribution in [0.3, 0.4) is 0 Å². The summed E-state index contributed by atoms with van der Waals surface area (Å²) in [7, 11) is 0. The summed E-state index contributed by atoms with van der Waals surface area (Å²) in [6.07, 6.45) is 3.98. The number of benzene rings is 1. The first kappa shape index (κ1) is 11.8. The third kappa shape index (κ3) is 2.32. The van der Waals surface area contributed by atoms with Crippen molar-refractivity contribution in [2.75, 3.05) is 19.6 Å². The smallest absolute Gasteiger partial charge is 0.176 e. The predicted molar refractivity (Wildman–Crippen MR) is 68.0 cm³/mol. The topological polar surface area (TPSA) is 20.3 Å². The van der Waals surface area contributed by atoms with Crippen molar-refractivity contribution in [1.82, 2.24) is 4.90 Å². The van der Waals surface area contributed by atoms with E-state index in [4.69, 9.17) is 0 Å². The van der Waals surface area contributed by atoms with Crippen LogP contribution in [0.25, 0.3) is 0 Å². The van der Waals surface area contributed by atoms with E-state index in [1.54, 1.807) is 12.1 Å². The highest BCUT2D eigenvalue weighted by atomic mass is 19.1. The summed E-state index contributed by atoms with van der Waals surface area (Å²) in [6.45, 7) is 2.54. The number of rotatable bonds is 3. The molecule has 1 aliphatic carbocycles. The third-order valence-electron chi connectivity index (χ3n) is 4.32. The molecule has 0 aromatic heterocycles. The maximum Gasteiger partial charge on any atom is 0.176 e. The Kier molecular flexibility index (Phi) is 3.16. The molecule has 2 aliphatic rings. The van der Waals surface area contributed by atoms with Gasteiger partial charge in [0, 0.05) is 18.7 Å². The van der Waals surface area contributed by atoms with Crippen LogP contribution < -0.4 is 0 Å². The number of carbonyl (C=O) groups is 1. The standard InChI is InChI=1S/C15H18FNO/c16-14-6-2-3-11(7-14)15(18)10-17-8-12-4-1-5-13(12)9-17/h2-3,6-7,12-13H,1,4-5,8-10H2. The van der Waals surface area contributed by atoms with Crippen molar-refractivity contribution >= 4 is 5.78 Å². The van der Waals surface area contributed by atoms with Gasteiger partial charge in [0.15, 0.2) is 5.78 Å². The summed E-state index contributed by atoms with van der Waals surface area (Å²) < 4.78 is 13.1. The fraction of sp³-hybridized carbons (Fsp3) is 0.533. The molecule has 3 rings (SSSR count). The minimum atomic E-state index is -0.334. The molecular formula is C15H18FNO. The van der Waals surface area contributed by atoms with Crippen molar-refractivity contribution in [3.05, 3.63) is 35.6 Å². The summed E-state index contributed by atoms with van der Waals surface area (Å²) in [5, 5.41) is 0. The molecule has 1 aromatic rings. The molecule has 1 saturated heterocycles. The first-order chi connectivity index (χ1) is 8.72. The van der Waals surface area contributed by atoms with Gasteiger partial charge < -0.3 is 0 Å². The van der Waals surface area contributed by atoms with E-state index >= 15 is 0 Å². The molecule has 0 radical (unpaired) electrons. The number of halogens is 1. The van der Waals surface area contributed by atoms with E-state index in [2.05, 4.69) is 4.90 Å². The molecule has 18 heavy (non-hydrogen) atoms. The summed E-state index contributed by atoms with van der Waals surface area (Å²) in [5.41, 5.74) is 0.493. The molecule has 2 atom stereocenters. The summed E-state index contributed by atoms with van der Waals surface area (Å²) in [4.78, 5) is 14.3. The normalized spacial score (nSPS) is 27.4. The predicted octanol–water partition coefficient (Wildman–Crippen LogP) is 2.74. The monoisotopic (exact) mass is 247 g/mol. The fourth-order valence-corrected chi connectivity index (χ4v) is 3.42. The molecule has 2 unspecified atom stereocenters. The number of ketones is 1. The van der Waals surface area contributed by atoms with Crippen LogP contribution >= 0.6 is 0 Å². The summed E-state index contributed by atoms with van der Waals surface area (Å²) in [6, 6.07) is 6.00. The Morgan fingerprint density at radius 2 is 2.00 bits per heavy atom. The minimum absolute atomic E-state index is 0.0365. The maximum absolute atomic E-state index is 13.1. The van der Waals surface area contributed by atoms with Crippen LogP contribution in [0, 0.1) is 17.7 Å². The Hall–Kier alpha value is -1.22. The molecule has 1 aliphatic heterocycles. The van der Waals surface area contributed by atoms with Crippen LogP contribution in [0.5, 0.6) is 0 Å². The zero-order chi connectivity index (χ0) is 12.5. The van der Waals surface area contributed by atoms with Gasteiger partial charge >= 0.3 is 0 Å². The Labute approximate surface area is 107 Å². The van der Waals surface area contributed by atoms with Crippen molar-refractivity contribution in [1.29, 1.82) is 0 Å². The van der Waals surface area contributed by atoms with Gasteiger partial charge in [0.25, 0.3) is 0 Å². The Bertz CT molecular complexity index is 448. The number of hydrogen-bond acceptors (Lipinski definition) is 2. The number of fused-ring (bicyclic) bond motifs is 1. The van der Waals surface area contributed by atoms with Gasteiger partial charge in [-0.2, -0.15) is 0 Å². The van der Waals surface area contributed by atoms with Gasteiger partial charge in [-0.25, -0.2) is 4.39 Å². The fourth-order valence-electron chi connectivity index (χ4n) is 3.42. The molecule has 0 N–H and O–H groups in total. The first-order valence-corrected chi connectivity index (χ1v) is 6.73. The number of Topliss-reactive ketones (excluding diaryl/α,β-unsaturated/α-hetero) is 1. The van der Waals surface area contributed by atoms with Crippen molar-refractivity contribution < 1.29 is 9.18 Å². The molecule has 2 fully saturated rings. The summed E-state index contributed by atoms with van der Waals surface area (Å²) in [5.74, 6) is 1.30. The van der Waals surface area contributed by atoms with E-state index in [-0.39, 0.29) is 11.6 Å². The lowest BCUT2D eigenvalue weighted by atomic mass is 10.0. The average Bonchev–Trinajstić information content (AvgIpc) is 2.89. The second kappa shape index (κ2) is 4.81. The first-order valence-electron chi connectivity index (χ1n) is 6.73. The zero-order valence-corrected chi connectivity index (χ0v) is 10.4. The highest BCUT2D eigenvalue weighted by Crippen LogP contribution is 2.37. The largest absolute Gasteiger partial charge is 0.295 e. The van der Waals surface area contributed by atoms with Gasteiger partial charge in [-0.05, 0) is 36.8 Å². The van der Waals surface area contributed by atoms with Crippen LogP contribution in [0.15, 0.2) is 24.3 Å². The van der Waals surface area contributed by atoms with Crippen LogP contribution in [0.4, 0.5) is 4.39 Å². The number of likely N-dealkylation sites (tertiary alicyclic amines) is 1. The molecule has 1 heterocycles. The second-order valence-corrected chi connectivity index (χ2v) is 5.58. The average molecular weight is 247 g/mol. The summed E-state index contributed by atoms with van der Waals surface area (Å²) >= 11 is 0. The molecular weight excluding hydrogens is 229 g/mol. The Balaban J connectivity index is 1.62. The molecule has 3 heteroatoms. The van der Waals surface area contributed by atoms with Crippen molar-refractivity contribution in [2.24, 2.45) is 11.8 Å². The minimum Gasteiger partial charge on any atom is -0.295 e. The molecule has 2 nitrogen and oxygen atoms in total. The van der Waals surface area contributed by atoms with Gasteiger partial charge in [-0.1, -0.05) is 18.6 Å². The number of carbonyl (C=O) groups excluding carboxylic acids is 1. The van der Waals surface area contributed by atoms with E-state index < -0.39 is 0 Å². The number of nitrogens with zero attached hydrogens (tertiary/aromatic N) is 1. The van der Waals surface area contributed by atoms with Crippen LogP contribution in [-0.4, -0.2) is 30.3 Å². The molecule has 0 amide bonds.